The van der Waals surface area contributed by atoms with Gasteiger partial charge in [-0.15, -0.1) is 0 Å². The summed E-state index contributed by atoms with van der Waals surface area (Å²) in [5.74, 6) is 2.69. The maximum atomic E-state index is 15.3. The number of ether oxygens (including phenoxy) is 1. The molecule has 0 bridgehead atoms. The highest BCUT2D eigenvalue weighted by Gasteiger charge is 2.26. The number of halogens is 1. The number of unbranched alkanes of at least 4 members (excludes halogenated alkanes) is 2. The molecule has 0 spiro atoms. The summed E-state index contributed by atoms with van der Waals surface area (Å²) in [5.41, 5.74) is 4.85. The highest BCUT2D eigenvalue weighted by Crippen LogP contribution is 2.40. The predicted octanol–water partition coefficient (Wildman–Crippen LogP) is 9.30. The molecule has 1 fully saturated rings. The van der Waals surface area contributed by atoms with Gasteiger partial charge in [0.1, 0.15) is 11.6 Å². The SMILES string of the molecule is CC=CCCOc1ccc2c(c1)CCC(c1ccc(C3CCC(CCCCC)CC3)cc1F)C2. The van der Waals surface area contributed by atoms with Gasteiger partial charge >= 0.3 is 0 Å². The monoisotopic (exact) mass is 462 g/mol. The van der Waals surface area contributed by atoms with Crippen molar-refractivity contribution in [2.45, 2.75) is 103 Å². The standard InChI is InChI=1S/C32H43FO/c1-3-5-7-9-24-10-12-25(13-11-24)28-17-19-31(32(33)23-28)29-15-14-27-22-30(18-16-26(27)21-29)34-20-8-6-4-2/h4,6,16-19,22-25,29H,3,5,7-15,20-21H2,1-2H3. The minimum atomic E-state index is 0.0138. The number of rotatable bonds is 10. The summed E-state index contributed by atoms with van der Waals surface area (Å²) in [6.07, 6.45) is 18.6. The largest absolute Gasteiger partial charge is 0.493 e. The van der Waals surface area contributed by atoms with Crippen molar-refractivity contribution >= 4 is 0 Å². The lowest BCUT2D eigenvalue weighted by molar-refractivity contribution is 0.302. The number of allylic oxidation sites excluding steroid dienone is 1. The molecule has 0 aromatic heterocycles. The van der Waals surface area contributed by atoms with Gasteiger partial charge in [-0.1, -0.05) is 63.0 Å². The molecule has 0 saturated heterocycles. The Morgan fingerprint density at radius 2 is 1.79 bits per heavy atom. The lowest BCUT2D eigenvalue weighted by Gasteiger charge is -2.30. The lowest BCUT2D eigenvalue weighted by Crippen LogP contribution is -2.16. The summed E-state index contributed by atoms with van der Waals surface area (Å²) in [4.78, 5) is 0. The number of aryl methyl sites for hydroxylation is 1. The summed E-state index contributed by atoms with van der Waals surface area (Å²) >= 11 is 0. The second-order valence-electron chi connectivity index (χ2n) is 10.6. The van der Waals surface area contributed by atoms with Crippen LogP contribution in [0, 0.1) is 11.7 Å². The van der Waals surface area contributed by atoms with Crippen LogP contribution < -0.4 is 4.74 Å². The smallest absolute Gasteiger partial charge is 0.126 e. The van der Waals surface area contributed by atoms with E-state index in [-0.39, 0.29) is 11.7 Å². The van der Waals surface area contributed by atoms with Crippen molar-refractivity contribution in [3.8, 4) is 5.75 Å². The van der Waals surface area contributed by atoms with Gasteiger partial charge in [0.05, 0.1) is 6.61 Å². The van der Waals surface area contributed by atoms with Gasteiger partial charge < -0.3 is 4.74 Å². The van der Waals surface area contributed by atoms with E-state index < -0.39 is 0 Å². The third kappa shape index (κ3) is 6.52. The van der Waals surface area contributed by atoms with Crippen LogP contribution in [-0.2, 0) is 12.8 Å². The zero-order valence-electron chi connectivity index (χ0n) is 21.3. The fourth-order valence-electron chi connectivity index (χ4n) is 6.09. The Labute approximate surface area is 206 Å². The Balaban J connectivity index is 1.33. The van der Waals surface area contributed by atoms with E-state index in [4.69, 9.17) is 4.74 Å². The van der Waals surface area contributed by atoms with Gasteiger partial charge in [0.2, 0.25) is 0 Å². The van der Waals surface area contributed by atoms with Crippen LogP contribution in [0.15, 0.2) is 48.6 Å². The van der Waals surface area contributed by atoms with Crippen LogP contribution in [0.4, 0.5) is 4.39 Å². The van der Waals surface area contributed by atoms with Gasteiger partial charge in [-0.05, 0) is 116 Å². The van der Waals surface area contributed by atoms with E-state index in [1.807, 2.05) is 13.0 Å². The van der Waals surface area contributed by atoms with Gasteiger partial charge in [0.25, 0.3) is 0 Å². The Kier molecular flexibility index (Phi) is 9.25. The van der Waals surface area contributed by atoms with Crippen LogP contribution in [0.2, 0.25) is 0 Å². The molecule has 184 valence electrons. The lowest BCUT2D eigenvalue weighted by atomic mass is 9.76. The van der Waals surface area contributed by atoms with E-state index in [2.05, 4.69) is 49.4 Å². The van der Waals surface area contributed by atoms with Gasteiger partial charge in [-0.2, -0.15) is 0 Å². The average molecular weight is 463 g/mol. The maximum Gasteiger partial charge on any atom is 0.126 e. The Morgan fingerprint density at radius 3 is 2.56 bits per heavy atom. The first-order chi connectivity index (χ1) is 16.7. The van der Waals surface area contributed by atoms with Gasteiger partial charge in [0, 0.05) is 0 Å². The Morgan fingerprint density at radius 1 is 0.941 bits per heavy atom. The Bertz CT molecular complexity index is 938. The van der Waals surface area contributed by atoms with Crippen LogP contribution >= 0.6 is 0 Å². The fourth-order valence-corrected chi connectivity index (χ4v) is 6.09. The molecule has 2 aromatic carbocycles. The van der Waals surface area contributed by atoms with Gasteiger partial charge in [-0.3, -0.25) is 0 Å². The number of benzene rings is 2. The molecule has 4 rings (SSSR count). The van der Waals surface area contributed by atoms with E-state index in [9.17, 15) is 0 Å². The number of hydrogen-bond acceptors (Lipinski definition) is 1. The van der Waals surface area contributed by atoms with Crippen molar-refractivity contribution < 1.29 is 9.13 Å². The van der Waals surface area contributed by atoms with E-state index in [0.717, 1.165) is 42.9 Å². The van der Waals surface area contributed by atoms with Crippen LogP contribution in [-0.4, -0.2) is 6.61 Å². The van der Waals surface area contributed by atoms with Crippen LogP contribution in [0.3, 0.4) is 0 Å². The van der Waals surface area contributed by atoms with Crippen molar-refractivity contribution in [3.63, 3.8) is 0 Å². The predicted molar refractivity (Wildman–Crippen MR) is 141 cm³/mol. The summed E-state index contributed by atoms with van der Waals surface area (Å²) in [6.45, 7) is 5.02. The van der Waals surface area contributed by atoms with Gasteiger partial charge in [0.15, 0.2) is 0 Å². The molecule has 1 saturated carbocycles. The zero-order valence-corrected chi connectivity index (χ0v) is 21.3. The summed E-state index contributed by atoms with van der Waals surface area (Å²) < 4.78 is 21.2. The van der Waals surface area contributed by atoms with Crippen LogP contribution in [0.5, 0.6) is 5.75 Å². The average Bonchev–Trinajstić information content (AvgIpc) is 2.87. The summed E-state index contributed by atoms with van der Waals surface area (Å²) in [7, 11) is 0. The number of fused-ring (bicyclic) bond motifs is 1. The molecule has 1 unspecified atom stereocenters. The first kappa shape index (κ1) is 25.0. The van der Waals surface area contributed by atoms with Crippen molar-refractivity contribution in [2.75, 3.05) is 6.61 Å². The van der Waals surface area contributed by atoms with E-state index in [1.165, 1.54) is 68.1 Å². The van der Waals surface area contributed by atoms with E-state index in [1.54, 1.807) is 0 Å². The quantitative estimate of drug-likeness (QED) is 0.252. The zero-order chi connectivity index (χ0) is 23.8. The van der Waals surface area contributed by atoms with E-state index >= 15 is 4.39 Å². The molecule has 2 heteroatoms. The van der Waals surface area contributed by atoms with Crippen molar-refractivity contribution in [2.24, 2.45) is 5.92 Å². The molecule has 34 heavy (non-hydrogen) atoms. The van der Waals surface area contributed by atoms with E-state index in [0.29, 0.717) is 12.5 Å². The minimum Gasteiger partial charge on any atom is -0.493 e. The van der Waals surface area contributed by atoms with Crippen molar-refractivity contribution in [1.29, 1.82) is 0 Å². The molecule has 0 aliphatic heterocycles. The third-order valence-corrected chi connectivity index (χ3v) is 8.19. The molecule has 0 amide bonds. The second-order valence-corrected chi connectivity index (χ2v) is 10.6. The highest BCUT2D eigenvalue weighted by atomic mass is 19.1. The molecule has 2 aromatic rings. The number of hydrogen-bond donors (Lipinski definition) is 0. The summed E-state index contributed by atoms with van der Waals surface area (Å²) in [6, 6.07) is 12.7. The molecule has 2 aliphatic carbocycles. The highest BCUT2D eigenvalue weighted by molar-refractivity contribution is 5.40. The maximum absolute atomic E-state index is 15.3. The Hall–Kier alpha value is -2.09. The fraction of sp³-hybridized carbons (Fsp3) is 0.562. The molecule has 1 atom stereocenters. The minimum absolute atomic E-state index is 0.0138. The topological polar surface area (TPSA) is 9.23 Å². The molecular weight excluding hydrogens is 419 g/mol. The molecular formula is C32H43FO. The normalized spacial score (nSPS) is 22.6. The first-order valence-electron chi connectivity index (χ1n) is 13.8. The van der Waals surface area contributed by atoms with Crippen LogP contribution in [0.25, 0.3) is 0 Å². The third-order valence-electron chi connectivity index (χ3n) is 8.19. The molecule has 0 N–H and O–H groups in total. The van der Waals surface area contributed by atoms with Crippen molar-refractivity contribution in [3.05, 3.63) is 76.6 Å². The first-order valence-corrected chi connectivity index (χ1v) is 13.8. The molecule has 1 nitrogen and oxygen atoms in total. The molecule has 0 heterocycles. The van der Waals surface area contributed by atoms with Gasteiger partial charge in [-0.25, -0.2) is 4.39 Å². The van der Waals surface area contributed by atoms with Crippen molar-refractivity contribution in [1.82, 2.24) is 0 Å². The van der Waals surface area contributed by atoms with Crippen LogP contribution in [0.1, 0.15) is 112 Å². The molecule has 0 radical (unpaired) electrons. The second kappa shape index (κ2) is 12.6. The summed E-state index contributed by atoms with van der Waals surface area (Å²) in [5, 5.41) is 0. The molecule has 2 aliphatic rings.